The third kappa shape index (κ3) is 3.96. The van der Waals surface area contributed by atoms with E-state index in [-0.39, 0.29) is 18.9 Å². The van der Waals surface area contributed by atoms with Gasteiger partial charge in [0.15, 0.2) is 29.1 Å². The molecule has 2 atom stereocenters. The number of halogens is 4. The Labute approximate surface area is 183 Å². The van der Waals surface area contributed by atoms with E-state index in [2.05, 4.69) is 4.98 Å². The van der Waals surface area contributed by atoms with Gasteiger partial charge in [-0.2, -0.15) is 0 Å². The molecule has 0 aliphatic carbocycles. The van der Waals surface area contributed by atoms with Crippen LogP contribution in [0.5, 0.6) is 0 Å². The Kier molecular flexibility index (Phi) is 6.31. The van der Waals surface area contributed by atoms with Gasteiger partial charge in [-0.15, -0.1) is 0 Å². The Morgan fingerprint density at radius 2 is 1.81 bits per heavy atom. The lowest BCUT2D eigenvalue weighted by atomic mass is 9.66. The van der Waals surface area contributed by atoms with E-state index in [0.717, 1.165) is 10.5 Å². The van der Waals surface area contributed by atoms with Crippen LogP contribution in [0.1, 0.15) is 50.7 Å². The Morgan fingerprint density at radius 3 is 2.31 bits per heavy atom. The first kappa shape index (κ1) is 23.7. The fourth-order valence-electron chi connectivity index (χ4n) is 4.70. The van der Waals surface area contributed by atoms with E-state index in [1.165, 1.54) is 0 Å². The monoisotopic (exact) mass is 452 g/mol. The first-order chi connectivity index (χ1) is 14.9. The first-order valence-corrected chi connectivity index (χ1v) is 10.2. The number of amides is 1. The van der Waals surface area contributed by atoms with Crippen LogP contribution in [0.3, 0.4) is 0 Å². The molecule has 172 valence electrons. The number of aromatic nitrogens is 1. The molecule has 1 N–H and O–H groups in total. The Balaban J connectivity index is 2.05. The van der Waals surface area contributed by atoms with Crippen LogP contribution in [0, 0.1) is 28.7 Å². The second-order valence-corrected chi connectivity index (χ2v) is 9.07. The summed E-state index contributed by atoms with van der Waals surface area (Å²) in [5.41, 5.74) is -2.72. The van der Waals surface area contributed by atoms with Crippen LogP contribution < -0.4 is 0 Å². The minimum absolute atomic E-state index is 0.0397. The molecule has 2 heterocycles. The first-order valence-electron chi connectivity index (χ1n) is 10.2. The number of aryl methyl sites for hydroxylation is 1. The number of pyridine rings is 1. The van der Waals surface area contributed by atoms with Gasteiger partial charge in [0.1, 0.15) is 5.54 Å². The number of likely N-dealkylation sites (tertiary alicyclic amines) is 1. The smallest absolute Gasteiger partial charge is 0.408 e. The van der Waals surface area contributed by atoms with Gasteiger partial charge in [0.25, 0.3) is 0 Å². The molecule has 5 nitrogen and oxygen atoms in total. The van der Waals surface area contributed by atoms with Gasteiger partial charge in [-0.3, -0.25) is 14.7 Å². The van der Waals surface area contributed by atoms with Crippen LogP contribution in [0.4, 0.5) is 22.4 Å². The Bertz CT molecular complexity index is 1010. The highest BCUT2D eigenvalue weighted by atomic mass is 19.2. The van der Waals surface area contributed by atoms with E-state index in [1.807, 2.05) is 0 Å². The number of carbonyl (C=O) groups excluding carboxylic acids is 1. The SMILES string of the molecule is CC(C)(C)C1(C(=O)CCc2cccnc2)C[C@H](c2c(F)c(F)cc(F)c2F)CN1C(=O)O. The van der Waals surface area contributed by atoms with Crippen LogP contribution in [0.15, 0.2) is 30.6 Å². The van der Waals surface area contributed by atoms with Crippen LogP contribution in [0.2, 0.25) is 0 Å². The molecule has 3 rings (SSSR count). The van der Waals surface area contributed by atoms with Crippen LogP contribution in [-0.2, 0) is 11.2 Å². The lowest BCUT2D eigenvalue weighted by molar-refractivity contribution is -0.135. The topological polar surface area (TPSA) is 70.5 Å². The predicted molar refractivity (Wildman–Crippen MR) is 108 cm³/mol. The van der Waals surface area contributed by atoms with Gasteiger partial charge in [0.05, 0.1) is 0 Å². The minimum Gasteiger partial charge on any atom is -0.465 e. The van der Waals surface area contributed by atoms with E-state index in [1.54, 1.807) is 45.3 Å². The maximum Gasteiger partial charge on any atom is 0.408 e. The molecule has 1 unspecified atom stereocenters. The number of rotatable bonds is 5. The van der Waals surface area contributed by atoms with Crippen molar-refractivity contribution in [1.29, 1.82) is 0 Å². The molecule has 1 amide bonds. The number of hydrogen-bond acceptors (Lipinski definition) is 3. The summed E-state index contributed by atoms with van der Waals surface area (Å²) >= 11 is 0. The minimum atomic E-state index is -1.65. The maximum atomic E-state index is 14.5. The van der Waals surface area contributed by atoms with E-state index in [9.17, 15) is 32.3 Å². The number of Topliss-reactive ketones (excluding diaryl/α,β-unsaturated/α-hetero) is 1. The molecule has 32 heavy (non-hydrogen) atoms. The van der Waals surface area contributed by atoms with E-state index in [0.29, 0.717) is 6.42 Å². The van der Waals surface area contributed by atoms with Crippen molar-refractivity contribution in [2.45, 2.75) is 51.5 Å². The molecule has 1 aromatic carbocycles. The van der Waals surface area contributed by atoms with Crippen molar-refractivity contribution in [3.63, 3.8) is 0 Å². The second-order valence-electron chi connectivity index (χ2n) is 9.07. The van der Waals surface area contributed by atoms with Gasteiger partial charge in [-0.1, -0.05) is 26.8 Å². The summed E-state index contributed by atoms with van der Waals surface area (Å²) in [7, 11) is 0. The van der Waals surface area contributed by atoms with Gasteiger partial charge < -0.3 is 5.11 Å². The summed E-state index contributed by atoms with van der Waals surface area (Å²) in [4.78, 5) is 30.5. The van der Waals surface area contributed by atoms with E-state index in [4.69, 9.17) is 0 Å². The number of ketones is 1. The quantitative estimate of drug-likeness (QED) is 0.507. The molecular weight excluding hydrogens is 428 g/mol. The average Bonchev–Trinajstić information content (AvgIpc) is 3.14. The molecule has 0 radical (unpaired) electrons. The highest BCUT2D eigenvalue weighted by Crippen LogP contribution is 2.51. The number of carboxylic acid groups (broad SMARTS) is 1. The van der Waals surface area contributed by atoms with Gasteiger partial charge in [-0.05, 0) is 29.9 Å². The fraction of sp³-hybridized carbons (Fsp3) is 0.435. The summed E-state index contributed by atoms with van der Waals surface area (Å²) in [5, 5.41) is 9.89. The normalized spacial score (nSPS) is 21.1. The van der Waals surface area contributed by atoms with Gasteiger partial charge in [0, 0.05) is 42.9 Å². The number of nitrogens with zero attached hydrogens (tertiary/aromatic N) is 2. The van der Waals surface area contributed by atoms with Crippen LogP contribution in [0.25, 0.3) is 0 Å². The van der Waals surface area contributed by atoms with Crippen molar-refractivity contribution >= 4 is 11.9 Å². The summed E-state index contributed by atoms with van der Waals surface area (Å²) in [6.07, 6.45) is 1.67. The second kappa shape index (κ2) is 8.52. The van der Waals surface area contributed by atoms with Gasteiger partial charge >= 0.3 is 6.09 Å². The maximum absolute atomic E-state index is 14.5. The molecule has 1 saturated heterocycles. The zero-order valence-corrected chi connectivity index (χ0v) is 18.0. The number of hydrogen-bond donors (Lipinski definition) is 1. The average molecular weight is 452 g/mol. The van der Waals surface area contributed by atoms with Crippen molar-refractivity contribution in [1.82, 2.24) is 9.88 Å². The number of carbonyl (C=O) groups is 2. The molecule has 1 fully saturated rings. The lowest BCUT2D eigenvalue weighted by Crippen LogP contribution is -2.60. The van der Waals surface area contributed by atoms with Crippen molar-refractivity contribution in [2.75, 3.05) is 6.54 Å². The van der Waals surface area contributed by atoms with Gasteiger partial charge in [0.2, 0.25) is 0 Å². The lowest BCUT2D eigenvalue weighted by Gasteiger charge is -2.45. The van der Waals surface area contributed by atoms with Crippen LogP contribution >= 0.6 is 0 Å². The third-order valence-electron chi connectivity index (χ3n) is 6.26. The third-order valence-corrected chi connectivity index (χ3v) is 6.26. The van der Waals surface area contributed by atoms with E-state index < -0.39 is 64.1 Å². The highest BCUT2D eigenvalue weighted by molar-refractivity contribution is 5.93. The molecule has 0 saturated carbocycles. The summed E-state index contributed by atoms with van der Waals surface area (Å²) < 4.78 is 56.7. The van der Waals surface area contributed by atoms with E-state index >= 15 is 0 Å². The molecule has 9 heteroatoms. The highest BCUT2D eigenvalue weighted by Gasteiger charge is 2.60. The van der Waals surface area contributed by atoms with Crippen LogP contribution in [-0.4, -0.2) is 39.0 Å². The number of benzene rings is 1. The molecule has 0 spiro atoms. The molecule has 1 aliphatic heterocycles. The predicted octanol–water partition coefficient (Wildman–Crippen LogP) is 5.09. The fourth-order valence-corrected chi connectivity index (χ4v) is 4.70. The summed E-state index contributed by atoms with van der Waals surface area (Å²) in [6.45, 7) is 4.51. The molecular formula is C23H24F4N2O3. The Hall–Kier alpha value is -2.97. The Morgan fingerprint density at radius 1 is 1.19 bits per heavy atom. The molecule has 0 bridgehead atoms. The van der Waals surface area contributed by atoms with Crippen molar-refractivity contribution in [3.8, 4) is 0 Å². The summed E-state index contributed by atoms with van der Waals surface area (Å²) in [5.74, 6) is -7.97. The standard InChI is InChI=1S/C23H24F4N2O3/c1-22(2,3)23(17(30)7-6-13-5-4-8-28-11-13)10-14(12-29(23)21(31)32)18-19(26)15(24)9-16(25)20(18)27/h4-5,8-9,11,14H,6-7,10,12H2,1-3H3,(H,31,32)/t14-,23?/m0/s1. The zero-order valence-electron chi connectivity index (χ0n) is 18.0. The van der Waals surface area contributed by atoms with Crippen molar-refractivity contribution < 1.29 is 32.3 Å². The molecule has 2 aromatic rings. The largest absolute Gasteiger partial charge is 0.465 e. The van der Waals surface area contributed by atoms with Crippen molar-refractivity contribution in [3.05, 3.63) is 65.0 Å². The molecule has 1 aliphatic rings. The molecule has 1 aromatic heterocycles. The van der Waals surface area contributed by atoms with Crippen molar-refractivity contribution in [2.24, 2.45) is 5.41 Å². The summed E-state index contributed by atoms with van der Waals surface area (Å²) in [6, 6.07) is 3.59. The zero-order chi connectivity index (χ0) is 23.8. The van der Waals surface area contributed by atoms with Gasteiger partial charge in [-0.25, -0.2) is 22.4 Å².